The second kappa shape index (κ2) is 6.36. The zero-order valence-corrected chi connectivity index (χ0v) is 8.70. The first-order chi connectivity index (χ1) is 7.24. The molecule has 0 bridgehead atoms. The first-order valence-electron chi connectivity index (χ1n) is 5.09. The van der Waals surface area contributed by atoms with Crippen molar-refractivity contribution < 1.29 is 14.3 Å². The lowest BCUT2D eigenvalue weighted by Gasteiger charge is -2.26. The van der Waals surface area contributed by atoms with Gasteiger partial charge in [-0.15, -0.1) is 0 Å². The maximum atomic E-state index is 11.3. The Labute approximate surface area is 88.7 Å². The van der Waals surface area contributed by atoms with Gasteiger partial charge in [0.15, 0.2) is 0 Å². The molecule has 1 rings (SSSR count). The summed E-state index contributed by atoms with van der Waals surface area (Å²) in [5.74, 6) is 4.81. The largest absolute Gasteiger partial charge is 0.370 e. The Morgan fingerprint density at radius 1 is 1.53 bits per heavy atom. The Bertz CT molecular complexity index is 233. The van der Waals surface area contributed by atoms with E-state index in [-0.39, 0.29) is 18.4 Å². The fourth-order valence-electron chi connectivity index (χ4n) is 1.45. The molecule has 0 spiro atoms. The molecule has 2 amide bonds. The predicted octanol–water partition coefficient (Wildman–Crippen LogP) is -0.995. The Morgan fingerprint density at radius 3 is 3.00 bits per heavy atom. The summed E-state index contributed by atoms with van der Waals surface area (Å²) >= 11 is 0. The quantitative estimate of drug-likeness (QED) is 0.267. The molecule has 6 heteroatoms. The summed E-state index contributed by atoms with van der Waals surface area (Å²) in [6, 6.07) is 0. The Hall–Kier alpha value is -1.14. The minimum absolute atomic E-state index is 0.0320. The van der Waals surface area contributed by atoms with Crippen molar-refractivity contribution in [2.24, 2.45) is 5.84 Å². The molecule has 0 radical (unpaired) electrons. The Balaban J connectivity index is 2.08. The lowest BCUT2D eigenvalue weighted by molar-refractivity contribution is -0.142. The average molecular weight is 215 g/mol. The number of carbonyl (C=O) groups is 2. The van der Waals surface area contributed by atoms with Gasteiger partial charge in [0.05, 0.1) is 6.61 Å². The Kier molecular flexibility index (Phi) is 5.06. The molecule has 0 aromatic carbocycles. The number of unbranched alkanes of at least 4 members (excludes halogenated alkanes) is 1. The van der Waals surface area contributed by atoms with Crippen molar-refractivity contribution in [1.29, 1.82) is 0 Å². The van der Waals surface area contributed by atoms with Crippen LogP contribution in [0.15, 0.2) is 0 Å². The molecule has 1 aliphatic rings. The van der Waals surface area contributed by atoms with E-state index in [1.807, 2.05) is 0 Å². The fraction of sp³-hybridized carbons (Fsp3) is 0.778. The number of nitrogens with zero attached hydrogens (tertiary/aromatic N) is 1. The van der Waals surface area contributed by atoms with Crippen LogP contribution in [0.25, 0.3) is 0 Å². The number of hydrazine groups is 1. The minimum Gasteiger partial charge on any atom is -0.370 e. The maximum Gasteiger partial charge on any atom is 0.248 e. The van der Waals surface area contributed by atoms with Crippen LogP contribution in [-0.4, -0.2) is 43.0 Å². The third kappa shape index (κ3) is 4.26. The van der Waals surface area contributed by atoms with E-state index in [2.05, 4.69) is 5.43 Å². The van der Waals surface area contributed by atoms with Gasteiger partial charge >= 0.3 is 0 Å². The van der Waals surface area contributed by atoms with Crippen molar-refractivity contribution >= 4 is 11.8 Å². The van der Waals surface area contributed by atoms with Gasteiger partial charge in [-0.3, -0.25) is 15.0 Å². The van der Waals surface area contributed by atoms with Crippen LogP contribution < -0.4 is 11.3 Å². The van der Waals surface area contributed by atoms with Gasteiger partial charge in [-0.1, -0.05) is 0 Å². The first kappa shape index (κ1) is 11.9. The number of ether oxygens (including phenoxy) is 1. The summed E-state index contributed by atoms with van der Waals surface area (Å²) in [7, 11) is 0. The highest BCUT2D eigenvalue weighted by Crippen LogP contribution is 2.03. The van der Waals surface area contributed by atoms with E-state index in [0.717, 1.165) is 12.8 Å². The van der Waals surface area contributed by atoms with Crippen LogP contribution >= 0.6 is 0 Å². The third-order valence-electron chi connectivity index (χ3n) is 2.33. The van der Waals surface area contributed by atoms with Crippen LogP contribution in [0.5, 0.6) is 0 Å². The van der Waals surface area contributed by atoms with Crippen LogP contribution in [0.1, 0.15) is 19.3 Å². The van der Waals surface area contributed by atoms with Crippen LogP contribution in [0.3, 0.4) is 0 Å². The van der Waals surface area contributed by atoms with Crippen LogP contribution in [0.2, 0.25) is 0 Å². The number of hydrogen-bond donors (Lipinski definition) is 2. The lowest BCUT2D eigenvalue weighted by Crippen LogP contribution is -2.42. The first-order valence-corrected chi connectivity index (χ1v) is 5.09. The Morgan fingerprint density at radius 2 is 2.33 bits per heavy atom. The normalized spacial score (nSPS) is 16.6. The fourth-order valence-corrected chi connectivity index (χ4v) is 1.45. The molecule has 1 heterocycles. The third-order valence-corrected chi connectivity index (χ3v) is 2.33. The van der Waals surface area contributed by atoms with E-state index in [1.54, 1.807) is 4.90 Å². The number of amides is 2. The van der Waals surface area contributed by atoms with Crippen molar-refractivity contribution in [2.45, 2.75) is 19.3 Å². The smallest absolute Gasteiger partial charge is 0.248 e. The molecular weight excluding hydrogens is 198 g/mol. The van der Waals surface area contributed by atoms with E-state index in [1.165, 1.54) is 0 Å². The SMILES string of the molecule is NNC(=O)CCCCN1CCOCC1=O. The molecule has 6 nitrogen and oxygen atoms in total. The molecule has 15 heavy (non-hydrogen) atoms. The topological polar surface area (TPSA) is 84.7 Å². The molecule has 0 aliphatic carbocycles. The van der Waals surface area contributed by atoms with Gasteiger partial charge in [-0.25, -0.2) is 5.84 Å². The summed E-state index contributed by atoms with van der Waals surface area (Å²) in [5.41, 5.74) is 2.07. The van der Waals surface area contributed by atoms with Gasteiger partial charge in [-0.2, -0.15) is 0 Å². The highest BCUT2D eigenvalue weighted by Gasteiger charge is 2.17. The van der Waals surface area contributed by atoms with Crippen molar-refractivity contribution in [3.63, 3.8) is 0 Å². The molecule has 0 aromatic rings. The highest BCUT2D eigenvalue weighted by atomic mass is 16.5. The molecule has 1 saturated heterocycles. The summed E-state index contributed by atoms with van der Waals surface area (Å²) in [6.45, 7) is 2.14. The molecule has 0 saturated carbocycles. The number of carbonyl (C=O) groups excluding carboxylic acids is 2. The van der Waals surface area contributed by atoms with Crippen molar-refractivity contribution in [3.8, 4) is 0 Å². The summed E-state index contributed by atoms with van der Waals surface area (Å²) < 4.78 is 5.00. The van der Waals surface area contributed by atoms with Crippen molar-refractivity contribution in [3.05, 3.63) is 0 Å². The number of nitrogens with two attached hydrogens (primary N) is 1. The van der Waals surface area contributed by atoms with Crippen LogP contribution in [-0.2, 0) is 14.3 Å². The zero-order valence-electron chi connectivity index (χ0n) is 8.70. The van der Waals surface area contributed by atoms with Gasteiger partial charge in [0.2, 0.25) is 11.8 Å². The van der Waals surface area contributed by atoms with Crippen molar-refractivity contribution in [2.75, 3.05) is 26.3 Å². The van der Waals surface area contributed by atoms with Gasteiger partial charge < -0.3 is 9.64 Å². The number of rotatable bonds is 5. The maximum absolute atomic E-state index is 11.3. The summed E-state index contributed by atoms with van der Waals surface area (Å²) in [6.07, 6.45) is 1.97. The number of morpholine rings is 1. The number of hydrogen-bond acceptors (Lipinski definition) is 4. The van der Waals surface area contributed by atoms with Gasteiger partial charge in [0, 0.05) is 19.5 Å². The van der Waals surface area contributed by atoms with E-state index in [9.17, 15) is 9.59 Å². The second-order valence-corrected chi connectivity index (χ2v) is 3.46. The molecule has 3 N–H and O–H groups in total. The minimum atomic E-state index is -0.164. The summed E-state index contributed by atoms with van der Waals surface area (Å²) in [5, 5.41) is 0. The zero-order chi connectivity index (χ0) is 11.1. The molecule has 1 fully saturated rings. The molecule has 86 valence electrons. The van der Waals surface area contributed by atoms with E-state index >= 15 is 0 Å². The average Bonchev–Trinajstić information content (AvgIpc) is 2.26. The van der Waals surface area contributed by atoms with Gasteiger partial charge in [-0.05, 0) is 12.8 Å². The van der Waals surface area contributed by atoms with Crippen LogP contribution in [0, 0.1) is 0 Å². The van der Waals surface area contributed by atoms with Crippen LogP contribution in [0.4, 0.5) is 0 Å². The molecule has 0 aromatic heterocycles. The van der Waals surface area contributed by atoms with Crippen molar-refractivity contribution in [1.82, 2.24) is 10.3 Å². The van der Waals surface area contributed by atoms with Gasteiger partial charge in [0.1, 0.15) is 6.61 Å². The number of nitrogens with one attached hydrogen (secondary N) is 1. The molecule has 0 atom stereocenters. The van der Waals surface area contributed by atoms with E-state index < -0.39 is 0 Å². The molecule has 1 aliphatic heterocycles. The second-order valence-electron chi connectivity index (χ2n) is 3.46. The summed E-state index contributed by atoms with van der Waals surface area (Å²) in [4.78, 5) is 23.8. The van der Waals surface area contributed by atoms with E-state index in [4.69, 9.17) is 10.6 Å². The predicted molar refractivity (Wildman–Crippen MR) is 53.6 cm³/mol. The molecule has 0 unspecified atom stereocenters. The monoisotopic (exact) mass is 215 g/mol. The molecular formula is C9H17N3O3. The lowest BCUT2D eigenvalue weighted by atomic mass is 10.2. The van der Waals surface area contributed by atoms with Gasteiger partial charge in [0.25, 0.3) is 0 Å². The highest BCUT2D eigenvalue weighted by molar-refractivity contribution is 5.78. The van der Waals surface area contributed by atoms with E-state index in [0.29, 0.717) is 26.1 Å². The standard InChI is InChI=1S/C9H17N3O3/c10-11-8(13)3-1-2-4-12-5-6-15-7-9(12)14/h1-7,10H2,(H,11,13).